The molecule has 0 radical (unpaired) electrons. The maximum Gasteiger partial charge on any atom is 0.293 e. The number of ether oxygens (including phenoxy) is 1. The summed E-state index contributed by atoms with van der Waals surface area (Å²) in [6.07, 6.45) is 3.18. The topological polar surface area (TPSA) is 82.3 Å². The van der Waals surface area contributed by atoms with Crippen molar-refractivity contribution in [2.75, 3.05) is 17.8 Å². The van der Waals surface area contributed by atoms with Gasteiger partial charge in [0.1, 0.15) is 12.4 Å². The first-order chi connectivity index (χ1) is 15.1. The summed E-state index contributed by atoms with van der Waals surface area (Å²) in [5.41, 5.74) is 2.48. The molecule has 1 atom stereocenters. The minimum Gasteiger partial charge on any atom is -0.854 e. The van der Waals surface area contributed by atoms with Crippen LogP contribution in [0.5, 0.6) is 11.6 Å². The number of fused-ring (bicyclic) bond motifs is 3. The summed E-state index contributed by atoms with van der Waals surface area (Å²) in [5, 5.41) is 18.0. The molecule has 31 heavy (non-hydrogen) atoms. The highest BCUT2D eigenvalue weighted by Gasteiger charge is 2.44. The van der Waals surface area contributed by atoms with Gasteiger partial charge < -0.3 is 9.84 Å². The number of rotatable bonds is 6. The lowest BCUT2D eigenvalue weighted by atomic mass is 10.0. The number of aromatic nitrogens is 3. The zero-order chi connectivity index (χ0) is 22.0. The Hall–Kier alpha value is -3.39. The molecule has 0 spiro atoms. The Labute approximate surface area is 185 Å². The standard InChI is InChI=1S/C23H22N4O3S/c1-4-14-30-16-12-10-15(11-13-16)22-26(19(28)5-2)18-9-7-6-8-17(18)20-21(29)24-23(31-3)25-27(20)22/h4,6-13,22H,1,5,14H2,2-3H3. The second-order valence-electron chi connectivity index (χ2n) is 6.87. The van der Waals surface area contributed by atoms with Crippen molar-refractivity contribution in [3.8, 4) is 22.9 Å². The number of nitrogens with zero attached hydrogens (tertiary/aromatic N) is 4. The minimum absolute atomic E-state index is 0.0700. The van der Waals surface area contributed by atoms with Gasteiger partial charge in [-0.25, -0.2) is 9.88 Å². The molecule has 4 rings (SSSR count). The van der Waals surface area contributed by atoms with E-state index in [-0.39, 0.29) is 11.8 Å². The van der Waals surface area contributed by atoms with Crippen LogP contribution in [-0.4, -0.2) is 28.9 Å². The quantitative estimate of drug-likeness (QED) is 0.337. The van der Waals surface area contributed by atoms with Crippen LogP contribution < -0.4 is 19.4 Å². The number of hydrogen-bond acceptors (Lipinski definition) is 6. The lowest BCUT2D eigenvalue weighted by Gasteiger charge is -2.33. The fourth-order valence-electron chi connectivity index (χ4n) is 3.65. The molecule has 0 saturated heterocycles. The van der Waals surface area contributed by atoms with E-state index in [0.29, 0.717) is 40.9 Å². The van der Waals surface area contributed by atoms with Crippen molar-refractivity contribution in [2.45, 2.75) is 24.7 Å². The highest BCUT2D eigenvalue weighted by Crippen LogP contribution is 2.41. The third-order valence-corrected chi connectivity index (χ3v) is 5.55. The Morgan fingerprint density at radius 1 is 1.29 bits per heavy atom. The van der Waals surface area contributed by atoms with E-state index in [2.05, 4.69) is 16.7 Å². The largest absolute Gasteiger partial charge is 0.854 e. The molecular weight excluding hydrogens is 412 g/mol. The molecule has 0 bridgehead atoms. The molecule has 0 aliphatic carbocycles. The van der Waals surface area contributed by atoms with Crippen molar-refractivity contribution in [3.05, 3.63) is 66.7 Å². The predicted octanol–water partition coefficient (Wildman–Crippen LogP) is 3.09. The zero-order valence-electron chi connectivity index (χ0n) is 17.3. The molecule has 3 aromatic rings. The first-order valence-corrected chi connectivity index (χ1v) is 11.1. The lowest BCUT2D eigenvalue weighted by molar-refractivity contribution is -0.764. The summed E-state index contributed by atoms with van der Waals surface area (Å²) < 4.78 is 7.21. The van der Waals surface area contributed by atoms with Crippen LogP contribution in [0, 0.1) is 0 Å². The Kier molecular flexibility index (Phi) is 5.90. The summed E-state index contributed by atoms with van der Waals surface area (Å²) in [4.78, 5) is 18.9. The predicted molar refractivity (Wildman–Crippen MR) is 117 cm³/mol. The van der Waals surface area contributed by atoms with E-state index in [1.165, 1.54) is 11.8 Å². The second kappa shape index (κ2) is 8.77. The van der Waals surface area contributed by atoms with Gasteiger partial charge in [-0.05, 0) is 42.7 Å². The number of anilines is 1. The number of amides is 1. The number of carbonyl (C=O) groups is 1. The minimum atomic E-state index is -0.618. The summed E-state index contributed by atoms with van der Waals surface area (Å²) >= 11 is 1.29. The van der Waals surface area contributed by atoms with E-state index >= 15 is 0 Å². The van der Waals surface area contributed by atoms with Gasteiger partial charge in [-0.2, -0.15) is 0 Å². The summed E-state index contributed by atoms with van der Waals surface area (Å²) in [5.74, 6) is 0.251. The number of para-hydroxylation sites is 1. The third-order valence-electron chi connectivity index (χ3n) is 5.02. The van der Waals surface area contributed by atoms with Crippen molar-refractivity contribution in [3.63, 3.8) is 0 Å². The van der Waals surface area contributed by atoms with Gasteiger partial charge in [-0.3, -0.25) is 4.79 Å². The molecule has 0 fully saturated rings. The molecule has 1 amide bonds. The number of benzene rings is 2. The second-order valence-corrected chi connectivity index (χ2v) is 7.65. The van der Waals surface area contributed by atoms with Crippen LogP contribution in [-0.2, 0) is 4.79 Å². The summed E-state index contributed by atoms with van der Waals surface area (Å²) in [6.45, 7) is 5.88. The summed E-state index contributed by atoms with van der Waals surface area (Å²) in [6, 6.07) is 14.8. The van der Waals surface area contributed by atoms with Crippen molar-refractivity contribution in [2.24, 2.45) is 0 Å². The van der Waals surface area contributed by atoms with Gasteiger partial charge in [0.25, 0.3) is 17.0 Å². The van der Waals surface area contributed by atoms with Crippen LogP contribution in [0.15, 0.2) is 66.3 Å². The molecule has 2 aromatic carbocycles. The van der Waals surface area contributed by atoms with Crippen LogP contribution in [0.4, 0.5) is 5.69 Å². The van der Waals surface area contributed by atoms with Crippen LogP contribution in [0.2, 0.25) is 0 Å². The van der Waals surface area contributed by atoms with Crippen LogP contribution in [0.3, 0.4) is 0 Å². The van der Waals surface area contributed by atoms with Gasteiger partial charge in [0.2, 0.25) is 5.91 Å². The van der Waals surface area contributed by atoms with E-state index in [4.69, 9.17) is 4.74 Å². The third kappa shape index (κ3) is 3.74. The fourth-order valence-corrected chi connectivity index (χ4v) is 4.00. The van der Waals surface area contributed by atoms with E-state index in [0.717, 1.165) is 5.56 Å². The Morgan fingerprint density at radius 3 is 2.71 bits per heavy atom. The Bertz CT molecular complexity index is 1130. The van der Waals surface area contributed by atoms with E-state index in [1.54, 1.807) is 15.7 Å². The first kappa shape index (κ1) is 20.9. The number of hydrogen-bond donors (Lipinski definition) is 0. The van der Waals surface area contributed by atoms with Crippen LogP contribution in [0.25, 0.3) is 11.3 Å². The zero-order valence-corrected chi connectivity index (χ0v) is 18.1. The van der Waals surface area contributed by atoms with Crippen molar-refractivity contribution < 1.29 is 19.3 Å². The highest BCUT2D eigenvalue weighted by atomic mass is 32.2. The smallest absolute Gasteiger partial charge is 0.293 e. The molecule has 158 valence electrons. The SMILES string of the molecule is C=CCOc1ccc(C2N(C(=O)CC)c3ccccc3-c3c([O-])nc(SC)n[n+]32)cc1. The van der Waals surface area contributed by atoms with Crippen molar-refractivity contribution in [1.82, 2.24) is 10.1 Å². The van der Waals surface area contributed by atoms with E-state index in [9.17, 15) is 9.90 Å². The molecule has 2 heterocycles. The molecule has 0 N–H and O–H groups in total. The summed E-state index contributed by atoms with van der Waals surface area (Å²) in [7, 11) is 0. The molecule has 1 aliphatic heterocycles. The van der Waals surface area contributed by atoms with Gasteiger partial charge in [-0.15, -0.1) is 0 Å². The monoisotopic (exact) mass is 434 g/mol. The van der Waals surface area contributed by atoms with E-state index < -0.39 is 6.17 Å². The maximum absolute atomic E-state index is 13.1. The highest BCUT2D eigenvalue weighted by molar-refractivity contribution is 7.98. The van der Waals surface area contributed by atoms with Gasteiger partial charge in [0.15, 0.2) is 0 Å². The molecule has 1 unspecified atom stereocenters. The first-order valence-electron chi connectivity index (χ1n) is 9.89. The molecule has 8 heteroatoms. The van der Waals surface area contributed by atoms with Crippen molar-refractivity contribution >= 4 is 23.4 Å². The van der Waals surface area contributed by atoms with E-state index in [1.807, 2.05) is 61.7 Å². The maximum atomic E-state index is 13.1. The van der Waals surface area contributed by atoms with Crippen molar-refractivity contribution in [1.29, 1.82) is 0 Å². The normalized spacial score (nSPS) is 14.5. The molecule has 1 aliphatic rings. The Morgan fingerprint density at radius 2 is 2.03 bits per heavy atom. The average molecular weight is 435 g/mol. The lowest BCUT2D eigenvalue weighted by Crippen LogP contribution is -2.59. The number of carbonyl (C=O) groups excluding carboxylic acids is 1. The fraction of sp³-hybridized carbons (Fsp3) is 0.217. The molecule has 7 nitrogen and oxygen atoms in total. The van der Waals surface area contributed by atoms with Gasteiger partial charge >= 0.3 is 0 Å². The van der Waals surface area contributed by atoms with Crippen LogP contribution >= 0.6 is 11.8 Å². The number of thioether (sulfide) groups is 1. The van der Waals surface area contributed by atoms with Crippen LogP contribution in [0.1, 0.15) is 25.1 Å². The molecular formula is C23H22N4O3S. The van der Waals surface area contributed by atoms with Gasteiger partial charge in [0.05, 0.1) is 17.1 Å². The molecule has 1 aromatic heterocycles. The average Bonchev–Trinajstić information content (AvgIpc) is 2.81. The Balaban J connectivity index is 1.95. The van der Waals surface area contributed by atoms with Gasteiger partial charge in [0, 0.05) is 17.1 Å². The molecule has 0 saturated carbocycles. The van der Waals surface area contributed by atoms with Gasteiger partial charge in [-0.1, -0.05) is 48.2 Å².